The average molecular weight is 285 g/mol. The Labute approximate surface area is 116 Å². The summed E-state index contributed by atoms with van der Waals surface area (Å²) in [6.45, 7) is 7.14. The van der Waals surface area contributed by atoms with E-state index in [0.717, 1.165) is 0 Å². The maximum atomic E-state index is 11.5. The van der Waals surface area contributed by atoms with Crippen LogP contribution in [0.3, 0.4) is 0 Å². The Kier molecular flexibility index (Phi) is 5.29. The highest BCUT2D eigenvalue weighted by Gasteiger charge is 2.12. The smallest absolute Gasteiger partial charge is 0.355 e. The largest absolute Gasteiger partial charge is 0.476 e. The molecule has 0 aromatic carbocycles. The minimum absolute atomic E-state index is 0.0447. The number of carbonyl (C=O) groups is 2. The van der Waals surface area contributed by atoms with Crippen LogP contribution in [0.1, 0.15) is 36.3 Å². The zero-order chi connectivity index (χ0) is 14.5. The molecule has 106 valence electrons. The Balaban J connectivity index is 2.26. The number of carboxylic acid groups (broad SMARTS) is 1. The first-order valence-corrected chi connectivity index (χ1v) is 6.85. The van der Waals surface area contributed by atoms with Crippen molar-refractivity contribution in [1.82, 2.24) is 15.6 Å². The maximum Gasteiger partial charge on any atom is 0.355 e. The van der Waals surface area contributed by atoms with Crippen molar-refractivity contribution in [3.05, 3.63) is 16.1 Å². The van der Waals surface area contributed by atoms with Crippen LogP contribution in [0.5, 0.6) is 0 Å². The van der Waals surface area contributed by atoms with E-state index in [1.54, 1.807) is 0 Å². The van der Waals surface area contributed by atoms with Gasteiger partial charge in [-0.3, -0.25) is 0 Å². The Morgan fingerprint density at radius 3 is 2.58 bits per heavy atom. The number of urea groups is 1. The molecule has 0 fully saturated rings. The molecule has 1 aromatic rings. The van der Waals surface area contributed by atoms with Gasteiger partial charge in [0.1, 0.15) is 0 Å². The average Bonchev–Trinajstić information content (AvgIpc) is 2.74. The molecule has 0 saturated carbocycles. The van der Waals surface area contributed by atoms with Crippen molar-refractivity contribution < 1.29 is 14.7 Å². The van der Waals surface area contributed by atoms with Gasteiger partial charge in [-0.1, -0.05) is 20.8 Å². The molecule has 0 unspecified atom stereocenters. The SMILES string of the molecule is CC(C)(C)CNC(=O)NCCc1nc(C(=O)O)cs1. The van der Waals surface area contributed by atoms with E-state index < -0.39 is 5.97 Å². The zero-order valence-corrected chi connectivity index (χ0v) is 12.1. The Morgan fingerprint density at radius 1 is 1.37 bits per heavy atom. The Hall–Kier alpha value is -1.63. The van der Waals surface area contributed by atoms with E-state index in [9.17, 15) is 9.59 Å². The molecule has 0 aliphatic rings. The summed E-state index contributed by atoms with van der Waals surface area (Å²) < 4.78 is 0. The molecule has 0 aliphatic carbocycles. The predicted octanol–water partition coefficient (Wildman–Crippen LogP) is 1.73. The number of nitrogens with one attached hydrogen (secondary N) is 2. The molecular formula is C12H19N3O3S. The highest BCUT2D eigenvalue weighted by molar-refractivity contribution is 7.09. The number of carbonyl (C=O) groups excluding carboxylic acids is 1. The second-order valence-electron chi connectivity index (χ2n) is 5.35. The number of hydrogen-bond acceptors (Lipinski definition) is 4. The van der Waals surface area contributed by atoms with Crippen LogP contribution in [0.2, 0.25) is 0 Å². The number of hydrogen-bond donors (Lipinski definition) is 3. The van der Waals surface area contributed by atoms with Gasteiger partial charge in [0.05, 0.1) is 5.01 Å². The van der Waals surface area contributed by atoms with E-state index in [4.69, 9.17) is 5.11 Å². The second-order valence-corrected chi connectivity index (χ2v) is 6.29. The molecule has 19 heavy (non-hydrogen) atoms. The van der Waals surface area contributed by atoms with Crippen LogP contribution in [0.4, 0.5) is 4.79 Å². The fraction of sp³-hybridized carbons (Fsp3) is 0.583. The molecule has 0 spiro atoms. The van der Waals surface area contributed by atoms with Crippen LogP contribution < -0.4 is 10.6 Å². The summed E-state index contributed by atoms with van der Waals surface area (Å²) >= 11 is 1.28. The van der Waals surface area contributed by atoms with Crippen molar-refractivity contribution in [2.45, 2.75) is 27.2 Å². The fourth-order valence-electron chi connectivity index (χ4n) is 1.21. The second kappa shape index (κ2) is 6.51. The predicted molar refractivity (Wildman–Crippen MR) is 73.6 cm³/mol. The van der Waals surface area contributed by atoms with Crippen LogP contribution in [-0.4, -0.2) is 35.2 Å². The summed E-state index contributed by atoms with van der Waals surface area (Å²) in [5, 5.41) is 16.4. The van der Waals surface area contributed by atoms with Gasteiger partial charge in [-0.15, -0.1) is 11.3 Å². The van der Waals surface area contributed by atoms with Gasteiger partial charge in [0.2, 0.25) is 0 Å². The molecule has 1 heterocycles. The van der Waals surface area contributed by atoms with E-state index in [1.807, 2.05) is 20.8 Å². The van der Waals surface area contributed by atoms with Gasteiger partial charge in [0.15, 0.2) is 5.69 Å². The summed E-state index contributed by atoms with van der Waals surface area (Å²) in [4.78, 5) is 26.0. The molecule has 6 nitrogen and oxygen atoms in total. The van der Waals surface area contributed by atoms with E-state index in [0.29, 0.717) is 24.5 Å². The number of nitrogens with zero attached hydrogens (tertiary/aromatic N) is 1. The lowest BCUT2D eigenvalue weighted by Gasteiger charge is -2.18. The lowest BCUT2D eigenvalue weighted by molar-refractivity contribution is 0.0691. The van der Waals surface area contributed by atoms with Gasteiger partial charge in [0.25, 0.3) is 0 Å². The molecule has 2 amide bonds. The van der Waals surface area contributed by atoms with Gasteiger partial charge in [-0.05, 0) is 5.41 Å². The molecule has 3 N–H and O–H groups in total. The van der Waals surface area contributed by atoms with E-state index in [2.05, 4.69) is 15.6 Å². The fourth-order valence-corrected chi connectivity index (χ4v) is 1.99. The number of aromatic nitrogens is 1. The van der Waals surface area contributed by atoms with Gasteiger partial charge in [0, 0.05) is 24.9 Å². The summed E-state index contributed by atoms with van der Waals surface area (Å²) in [6, 6.07) is -0.218. The molecule has 1 aromatic heterocycles. The molecule has 1 rings (SSSR count). The van der Waals surface area contributed by atoms with Crippen molar-refractivity contribution in [3.8, 4) is 0 Å². The highest BCUT2D eigenvalue weighted by atomic mass is 32.1. The minimum atomic E-state index is -1.03. The van der Waals surface area contributed by atoms with Gasteiger partial charge in [-0.25, -0.2) is 14.6 Å². The first kappa shape index (κ1) is 15.4. The van der Waals surface area contributed by atoms with Crippen LogP contribution >= 0.6 is 11.3 Å². The maximum absolute atomic E-state index is 11.5. The lowest BCUT2D eigenvalue weighted by atomic mass is 9.97. The molecule has 0 atom stereocenters. The lowest BCUT2D eigenvalue weighted by Crippen LogP contribution is -2.40. The standard InChI is InChI=1S/C12H19N3O3S/c1-12(2,3)7-14-11(18)13-5-4-9-15-8(6-19-9)10(16)17/h6H,4-5,7H2,1-3H3,(H,16,17)(H2,13,14,18). The number of thiazole rings is 1. The molecule has 7 heteroatoms. The first-order valence-electron chi connectivity index (χ1n) is 5.97. The summed E-state index contributed by atoms with van der Waals surface area (Å²) in [6.07, 6.45) is 0.529. The van der Waals surface area contributed by atoms with Gasteiger partial charge < -0.3 is 15.7 Å². The van der Waals surface area contributed by atoms with Crippen LogP contribution in [0, 0.1) is 5.41 Å². The normalized spacial score (nSPS) is 11.1. The van der Waals surface area contributed by atoms with E-state index >= 15 is 0 Å². The third-order valence-corrected chi connectivity index (χ3v) is 3.08. The molecular weight excluding hydrogens is 266 g/mol. The van der Waals surface area contributed by atoms with Gasteiger partial charge in [-0.2, -0.15) is 0 Å². The highest BCUT2D eigenvalue weighted by Crippen LogP contribution is 2.10. The number of amides is 2. The summed E-state index contributed by atoms with van der Waals surface area (Å²) in [7, 11) is 0. The van der Waals surface area contributed by atoms with Crippen molar-refractivity contribution in [2.24, 2.45) is 5.41 Å². The Morgan fingerprint density at radius 2 is 2.05 bits per heavy atom. The number of aromatic carboxylic acids is 1. The van der Waals surface area contributed by atoms with Gasteiger partial charge >= 0.3 is 12.0 Å². The first-order chi connectivity index (χ1) is 8.78. The monoisotopic (exact) mass is 285 g/mol. The number of carboxylic acids is 1. The topological polar surface area (TPSA) is 91.3 Å². The van der Waals surface area contributed by atoms with Crippen LogP contribution in [0.15, 0.2) is 5.38 Å². The zero-order valence-electron chi connectivity index (χ0n) is 11.3. The minimum Gasteiger partial charge on any atom is -0.476 e. The molecule has 0 saturated heterocycles. The quantitative estimate of drug-likeness (QED) is 0.768. The van der Waals surface area contributed by atoms with Crippen molar-refractivity contribution in [2.75, 3.05) is 13.1 Å². The third-order valence-electron chi connectivity index (χ3n) is 2.17. The molecule has 0 radical (unpaired) electrons. The van der Waals surface area contributed by atoms with Crippen molar-refractivity contribution >= 4 is 23.3 Å². The summed E-state index contributed by atoms with van der Waals surface area (Å²) in [5.41, 5.74) is 0.0976. The Bertz CT molecular complexity index is 451. The van der Waals surface area contributed by atoms with Crippen molar-refractivity contribution in [3.63, 3.8) is 0 Å². The summed E-state index contributed by atoms with van der Waals surface area (Å²) in [5.74, 6) is -1.03. The molecule has 0 aliphatic heterocycles. The molecule has 0 bridgehead atoms. The number of rotatable bonds is 5. The van der Waals surface area contributed by atoms with E-state index in [-0.39, 0.29) is 17.1 Å². The van der Waals surface area contributed by atoms with Crippen LogP contribution in [0.25, 0.3) is 0 Å². The van der Waals surface area contributed by atoms with Crippen LogP contribution in [-0.2, 0) is 6.42 Å². The van der Waals surface area contributed by atoms with E-state index in [1.165, 1.54) is 16.7 Å². The van der Waals surface area contributed by atoms with Crippen molar-refractivity contribution in [1.29, 1.82) is 0 Å². The third kappa shape index (κ3) is 6.19.